The highest BCUT2D eigenvalue weighted by atomic mass is 19.4. The van der Waals surface area contributed by atoms with Gasteiger partial charge in [-0.1, -0.05) is 68.7 Å². The number of nitrogens with one attached hydrogen (secondary N) is 1. The maximum Gasteiger partial charge on any atom is 0.416 e. The first-order chi connectivity index (χ1) is 18.6. The summed E-state index contributed by atoms with van der Waals surface area (Å²) in [6.45, 7) is 3.21. The van der Waals surface area contributed by atoms with Crippen molar-refractivity contribution in [2.45, 2.75) is 57.0 Å². The minimum absolute atomic E-state index is 0.101. The summed E-state index contributed by atoms with van der Waals surface area (Å²) in [5.41, 5.74) is 7.28. The van der Waals surface area contributed by atoms with E-state index in [0.29, 0.717) is 24.3 Å². The summed E-state index contributed by atoms with van der Waals surface area (Å²) in [6.07, 6.45) is 3.08. The van der Waals surface area contributed by atoms with E-state index in [9.17, 15) is 22.8 Å². The molecule has 208 valence electrons. The normalized spacial score (nSPS) is 16.4. The molecule has 3 N–H and O–H groups in total. The number of amides is 2. The fourth-order valence-corrected chi connectivity index (χ4v) is 5.62. The Hall–Kier alpha value is -3.62. The molecule has 3 aromatic rings. The second-order valence-corrected chi connectivity index (χ2v) is 10.6. The molecule has 2 atom stereocenters. The van der Waals surface area contributed by atoms with Crippen molar-refractivity contribution in [1.29, 1.82) is 0 Å². The maximum atomic E-state index is 14.0. The van der Waals surface area contributed by atoms with Gasteiger partial charge in [0, 0.05) is 36.8 Å². The van der Waals surface area contributed by atoms with Gasteiger partial charge in [0.15, 0.2) is 0 Å². The maximum absolute atomic E-state index is 14.0. The second-order valence-electron chi connectivity index (χ2n) is 10.6. The minimum atomic E-state index is -4.46. The number of H-pyrrole nitrogens is 1. The molecule has 1 fully saturated rings. The van der Waals surface area contributed by atoms with Crippen LogP contribution in [0.1, 0.15) is 55.0 Å². The molecular formula is C30H35F3N4O2. The molecule has 1 aliphatic heterocycles. The molecule has 0 spiro atoms. The van der Waals surface area contributed by atoms with E-state index < -0.39 is 29.5 Å². The molecule has 6 nitrogen and oxygen atoms in total. The average molecular weight is 541 g/mol. The van der Waals surface area contributed by atoms with E-state index in [1.807, 2.05) is 18.2 Å². The summed E-state index contributed by atoms with van der Waals surface area (Å²) in [6, 6.07) is 14.9. The van der Waals surface area contributed by atoms with Crippen LogP contribution in [0.3, 0.4) is 0 Å². The first kappa shape index (κ1) is 28.4. The summed E-state index contributed by atoms with van der Waals surface area (Å²) < 4.78 is 39.3. The lowest BCUT2D eigenvalue weighted by Crippen LogP contribution is -2.63. The van der Waals surface area contributed by atoms with Crippen molar-refractivity contribution < 1.29 is 22.8 Å². The number of nitrogens with zero attached hydrogens (tertiary/aromatic N) is 2. The fourth-order valence-electron chi connectivity index (χ4n) is 5.62. The number of imidazole rings is 1. The summed E-state index contributed by atoms with van der Waals surface area (Å²) in [5.74, 6) is -2.52. The monoisotopic (exact) mass is 540 g/mol. The highest BCUT2D eigenvalue weighted by Crippen LogP contribution is 2.41. The smallest absolute Gasteiger partial charge is 0.369 e. The van der Waals surface area contributed by atoms with Crippen LogP contribution in [-0.2, 0) is 34.0 Å². The zero-order valence-corrected chi connectivity index (χ0v) is 22.1. The summed E-state index contributed by atoms with van der Waals surface area (Å²) in [7, 11) is 0. The summed E-state index contributed by atoms with van der Waals surface area (Å²) >= 11 is 0. The highest BCUT2D eigenvalue weighted by molar-refractivity contribution is 5.88. The van der Waals surface area contributed by atoms with Gasteiger partial charge < -0.3 is 15.6 Å². The molecule has 0 radical (unpaired) electrons. The van der Waals surface area contributed by atoms with Gasteiger partial charge in [-0.3, -0.25) is 9.59 Å². The van der Waals surface area contributed by atoms with Crippen molar-refractivity contribution in [2.24, 2.45) is 17.6 Å². The third-order valence-electron chi connectivity index (χ3n) is 7.84. The number of hydrogen-bond donors (Lipinski definition) is 2. The van der Waals surface area contributed by atoms with Crippen LogP contribution < -0.4 is 5.73 Å². The predicted molar refractivity (Wildman–Crippen MR) is 142 cm³/mol. The number of primary amides is 1. The number of carbonyl (C=O) groups excluding carboxylic acids is 2. The lowest BCUT2D eigenvalue weighted by molar-refractivity contribution is -0.148. The van der Waals surface area contributed by atoms with E-state index in [-0.39, 0.29) is 24.2 Å². The van der Waals surface area contributed by atoms with E-state index in [2.05, 4.69) is 29.0 Å². The van der Waals surface area contributed by atoms with Gasteiger partial charge in [-0.2, -0.15) is 13.2 Å². The zero-order chi connectivity index (χ0) is 28.0. The number of nitrogens with two attached hydrogens (primary N) is 1. The quantitative estimate of drug-likeness (QED) is 0.306. The molecule has 2 aromatic carbocycles. The van der Waals surface area contributed by atoms with Gasteiger partial charge >= 0.3 is 6.18 Å². The Morgan fingerprint density at radius 2 is 1.72 bits per heavy atom. The number of unbranched alkanes of at least 4 members (excludes halogenated alkanes) is 2. The highest BCUT2D eigenvalue weighted by Gasteiger charge is 2.48. The van der Waals surface area contributed by atoms with Gasteiger partial charge in [0.1, 0.15) is 0 Å². The Balaban J connectivity index is 1.59. The molecule has 1 unspecified atom stereocenters. The number of aromatic amines is 1. The van der Waals surface area contributed by atoms with Crippen LogP contribution in [0.5, 0.6) is 0 Å². The molecule has 0 aliphatic carbocycles. The predicted octanol–water partition coefficient (Wildman–Crippen LogP) is 5.29. The van der Waals surface area contributed by atoms with Crippen LogP contribution in [-0.4, -0.2) is 39.8 Å². The van der Waals surface area contributed by atoms with Crippen LogP contribution >= 0.6 is 0 Å². The van der Waals surface area contributed by atoms with E-state index in [0.717, 1.165) is 37.8 Å². The van der Waals surface area contributed by atoms with Crippen LogP contribution in [0.25, 0.3) is 0 Å². The van der Waals surface area contributed by atoms with Gasteiger partial charge in [-0.15, -0.1) is 0 Å². The van der Waals surface area contributed by atoms with Gasteiger partial charge in [-0.25, -0.2) is 4.98 Å². The third kappa shape index (κ3) is 6.69. The van der Waals surface area contributed by atoms with Crippen LogP contribution in [0, 0.1) is 11.8 Å². The topological polar surface area (TPSA) is 92.1 Å². The standard InChI is InChI=1S/C30H35F3N4O2/c1-2-3-7-14-29(22-8-5-4-6-9-22)18-37(19-29)28(39)26(25(27(34)38)16-24-17-35-20-36-24)15-21-10-12-23(13-11-21)30(31,32)33/h4-6,8-13,17,20,25-26H,2-3,7,14-16,18-19H2,1H3,(H2,34,38)(H,35,36)/t25?,26-/m1/s1. The van der Waals surface area contributed by atoms with Crippen molar-refractivity contribution in [3.05, 3.63) is 89.5 Å². The lowest BCUT2D eigenvalue weighted by Gasteiger charge is -2.52. The fraction of sp³-hybridized carbons (Fsp3) is 0.433. The van der Waals surface area contributed by atoms with E-state index in [1.54, 1.807) is 11.1 Å². The lowest BCUT2D eigenvalue weighted by atomic mass is 9.69. The Morgan fingerprint density at radius 3 is 2.28 bits per heavy atom. The number of halogens is 3. The number of rotatable bonds is 12. The minimum Gasteiger partial charge on any atom is -0.369 e. The number of carbonyl (C=O) groups is 2. The number of likely N-dealkylation sites (tertiary alicyclic amines) is 1. The van der Waals surface area contributed by atoms with Gasteiger partial charge in [0.2, 0.25) is 11.8 Å². The molecule has 2 amide bonds. The molecule has 0 bridgehead atoms. The molecular weight excluding hydrogens is 505 g/mol. The molecule has 4 rings (SSSR count). The largest absolute Gasteiger partial charge is 0.416 e. The van der Waals surface area contributed by atoms with Gasteiger partial charge in [0.05, 0.1) is 23.7 Å². The van der Waals surface area contributed by atoms with Crippen molar-refractivity contribution in [3.8, 4) is 0 Å². The molecule has 1 saturated heterocycles. The van der Waals surface area contributed by atoms with E-state index in [1.165, 1.54) is 24.0 Å². The molecule has 39 heavy (non-hydrogen) atoms. The first-order valence-corrected chi connectivity index (χ1v) is 13.4. The van der Waals surface area contributed by atoms with Crippen molar-refractivity contribution in [2.75, 3.05) is 13.1 Å². The molecule has 2 heterocycles. The van der Waals surface area contributed by atoms with Gasteiger partial charge in [-0.05, 0) is 36.1 Å². The molecule has 1 aromatic heterocycles. The van der Waals surface area contributed by atoms with Crippen molar-refractivity contribution in [1.82, 2.24) is 14.9 Å². The van der Waals surface area contributed by atoms with Crippen molar-refractivity contribution in [3.63, 3.8) is 0 Å². The first-order valence-electron chi connectivity index (χ1n) is 13.4. The number of benzene rings is 2. The van der Waals surface area contributed by atoms with Crippen LogP contribution in [0.4, 0.5) is 13.2 Å². The average Bonchev–Trinajstić information content (AvgIpc) is 3.41. The Labute approximate surface area is 226 Å². The number of hydrogen-bond acceptors (Lipinski definition) is 3. The second kappa shape index (κ2) is 12.1. The third-order valence-corrected chi connectivity index (χ3v) is 7.84. The van der Waals surface area contributed by atoms with Crippen LogP contribution in [0.15, 0.2) is 67.1 Å². The molecule has 0 saturated carbocycles. The van der Waals surface area contributed by atoms with E-state index in [4.69, 9.17) is 5.73 Å². The Kier molecular flexibility index (Phi) is 8.77. The summed E-state index contributed by atoms with van der Waals surface area (Å²) in [5, 5.41) is 0. The Morgan fingerprint density at radius 1 is 1.03 bits per heavy atom. The van der Waals surface area contributed by atoms with Crippen LogP contribution in [0.2, 0.25) is 0 Å². The van der Waals surface area contributed by atoms with Crippen molar-refractivity contribution >= 4 is 11.8 Å². The number of alkyl halides is 3. The molecule has 9 heteroatoms. The zero-order valence-electron chi connectivity index (χ0n) is 22.1. The Bertz CT molecular complexity index is 1220. The molecule has 1 aliphatic rings. The number of aromatic nitrogens is 2. The van der Waals surface area contributed by atoms with E-state index >= 15 is 0 Å². The summed E-state index contributed by atoms with van der Waals surface area (Å²) in [4.78, 5) is 35.4. The SMILES string of the molecule is CCCCCC1(c2ccccc2)CN(C(=O)[C@H](Cc2ccc(C(F)(F)F)cc2)C(Cc2cnc[nH]2)C(N)=O)C1. The van der Waals surface area contributed by atoms with Gasteiger partial charge in [0.25, 0.3) is 0 Å².